The largest absolute Gasteiger partial charge is 0.303 e. The van der Waals surface area contributed by atoms with Crippen LogP contribution in [-0.2, 0) is 10.2 Å². The summed E-state index contributed by atoms with van der Waals surface area (Å²) in [5.41, 5.74) is 0.549. The molecule has 1 atom stereocenters. The lowest BCUT2D eigenvalue weighted by molar-refractivity contribution is -0.108. The van der Waals surface area contributed by atoms with Gasteiger partial charge in [-0.1, -0.05) is 13.8 Å². The van der Waals surface area contributed by atoms with E-state index in [-0.39, 0.29) is 5.92 Å². The zero-order valence-electron chi connectivity index (χ0n) is 9.06. The number of carbonyl (C=O) groups excluding carboxylic acids is 1. The number of thiophene rings is 1. The van der Waals surface area contributed by atoms with Gasteiger partial charge in [0.15, 0.2) is 0 Å². The Balaban J connectivity index is 3.05. The molecule has 1 rings (SSSR count). The summed E-state index contributed by atoms with van der Waals surface area (Å²) < 4.78 is 0. The van der Waals surface area contributed by atoms with Crippen molar-refractivity contribution in [1.29, 1.82) is 5.26 Å². The van der Waals surface area contributed by atoms with Crippen LogP contribution in [0.15, 0.2) is 16.8 Å². The van der Waals surface area contributed by atoms with Gasteiger partial charge in [-0.2, -0.15) is 16.6 Å². The van der Waals surface area contributed by atoms with E-state index in [1.54, 1.807) is 11.3 Å². The molecule has 1 unspecified atom stereocenters. The highest BCUT2D eigenvalue weighted by Gasteiger charge is 2.35. The Kier molecular flexibility index (Phi) is 4.05. The first-order valence-corrected chi connectivity index (χ1v) is 5.99. The molecular weight excluding hydrogens is 206 g/mol. The van der Waals surface area contributed by atoms with Crippen molar-refractivity contribution in [2.75, 3.05) is 0 Å². The third-order valence-electron chi connectivity index (χ3n) is 2.88. The summed E-state index contributed by atoms with van der Waals surface area (Å²) in [6.45, 7) is 4.07. The van der Waals surface area contributed by atoms with Crippen LogP contribution >= 0.6 is 11.3 Å². The number of aldehydes is 1. The molecule has 0 aromatic carbocycles. The van der Waals surface area contributed by atoms with Gasteiger partial charge >= 0.3 is 0 Å². The molecule has 0 aliphatic carbocycles. The quantitative estimate of drug-likeness (QED) is 0.717. The van der Waals surface area contributed by atoms with Crippen molar-refractivity contribution in [2.24, 2.45) is 5.92 Å². The maximum Gasteiger partial charge on any atom is 0.120 e. The van der Waals surface area contributed by atoms with E-state index >= 15 is 0 Å². The van der Waals surface area contributed by atoms with Gasteiger partial charge in [-0.25, -0.2) is 0 Å². The minimum atomic E-state index is -0.499. The van der Waals surface area contributed by atoms with Gasteiger partial charge in [-0.05, 0) is 34.7 Å². The smallest absolute Gasteiger partial charge is 0.120 e. The summed E-state index contributed by atoms with van der Waals surface area (Å²) in [6, 6.07) is 4.38. The zero-order chi connectivity index (χ0) is 11.3. The number of hydrogen-bond acceptors (Lipinski definition) is 3. The fourth-order valence-corrected chi connectivity index (χ4v) is 2.56. The lowest BCUT2D eigenvalue weighted by atomic mass is 9.71. The molecule has 0 amide bonds. The number of nitriles is 1. The van der Waals surface area contributed by atoms with Gasteiger partial charge in [0.25, 0.3) is 0 Å². The summed E-state index contributed by atoms with van der Waals surface area (Å²) in [7, 11) is 0. The highest BCUT2D eigenvalue weighted by molar-refractivity contribution is 7.08. The normalized spacial score (nSPS) is 14.5. The average Bonchev–Trinajstić information content (AvgIpc) is 2.73. The van der Waals surface area contributed by atoms with Crippen molar-refractivity contribution in [3.63, 3.8) is 0 Å². The van der Waals surface area contributed by atoms with Crippen LogP contribution in [0.4, 0.5) is 0 Å². The molecule has 2 nitrogen and oxygen atoms in total. The van der Waals surface area contributed by atoms with Crippen LogP contribution in [0.3, 0.4) is 0 Å². The molecule has 1 heterocycles. The minimum Gasteiger partial charge on any atom is -0.303 e. The van der Waals surface area contributed by atoms with E-state index in [2.05, 4.69) is 6.07 Å². The summed E-state index contributed by atoms with van der Waals surface area (Å²) >= 11 is 1.59. The van der Waals surface area contributed by atoms with E-state index in [0.717, 1.165) is 11.8 Å². The second-order valence-electron chi connectivity index (χ2n) is 3.96. The molecule has 0 aliphatic heterocycles. The molecule has 0 aliphatic rings. The standard InChI is InChI=1S/C12H15NOS/c1-10(2)12(9-13,5-3-6-14)11-4-7-15-8-11/h4,6-8,10H,3,5H2,1-2H3. The van der Waals surface area contributed by atoms with E-state index in [1.807, 2.05) is 30.7 Å². The average molecular weight is 221 g/mol. The SMILES string of the molecule is CC(C)C(C#N)(CCC=O)c1ccsc1. The lowest BCUT2D eigenvalue weighted by Crippen LogP contribution is -2.30. The molecule has 0 bridgehead atoms. The Labute approximate surface area is 94.5 Å². The molecule has 1 aromatic rings. The van der Waals surface area contributed by atoms with Gasteiger partial charge in [-0.15, -0.1) is 0 Å². The van der Waals surface area contributed by atoms with Gasteiger partial charge in [0.1, 0.15) is 6.29 Å². The van der Waals surface area contributed by atoms with E-state index in [9.17, 15) is 10.1 Å². The van der Waals surface area contributed by atoms with Crippen LogP contribution in [0.1, 0.15) is 32.3 Å². The Hall–Kier alpha value is -1.14. The van der Waals surface area contributed by atoms with Crippen molar-refractivity contribution in [3.05, 3.63) is 22.4 Å². The van der Waals surface area contributed by atoms with Crippen molar-refractivity contribution >= 4 is 17.6 Å². The van der Waals surface area contributed by atoms with Crippen LogP contribution in [0, 0.1) is 17.2 Å². The van der Waals surface area contributed by atoms with Crippen molar-refractivity contribution in [3.8, 4) is 6.07 Å². The summed E-state index contributed by atoms with van der Waals surface area (Å²) in [6.07, 6.45) is 1.95. The van der Waals surface area contributed by atoms with E-state index < -0.39 is 5.41 Å². The first-order valence-electron chi connectivity index (χ1n) is 5.05. The second-order valence-corrected chi connectivity index (χ2v) is 4.74. The molecule has 80 valence electrons. The highest BCUT2D eigenvalue weighted by Crippen LogP contribution is 2.37. The molecule has 3 heteroatoms. The first kappa shape index (κ1) is 11.9. The lowest BCUT2D eigenvalue weighted by Gasteiger charge is -2.29. The van der Waals surface area contributed by atoms with Gasteiger partial charge in [-0.3, -0.25) is 0 Å². The molecule has 0 N–H and O–H groups in total. The Bertz CT molecular complexity index is 350. The zero-order valence-corrected chi connectivity index (χ0v) is 9.88. The van der Waals surface area contributed by atoms with Crippen molar-refractivity contribution < 1.29 is 4.79 Å². The first-order chi connectivity index (χ1) is 7.17. The predicted molar refractivity (Wildman–Crippen MR) is 61.7 cm³/mol. The van der Waals surface area contributed by atoms with Gasteiger partial charge in [0, 0.05) is 6.42 Å². The van der Waals surface area contributed by atoms with Crippen LogP contribution in [0.5, 0.6) is 0 Å². The maximum atomic E-state index is 10.5. The fourth-order valence-electron chi connectivity index (χ4n) is 1.82. The third-order valence-corrected chi connectivity index (χ3v) is 3.56. The summed E-state index contributed by atoms with van der Waals surface area (Å²) in [5.74, 6) is 0.219. The van der Waals surface area contributed by atoms with Crippen molar-refractivity contribution in [2.45, 2.75) is 32.1 Å². The number of rotatable bonds is 5. The molecule has 15 heavy (non-hydrogen) atoms. The summed E-state index contributed by atoms with van der Waals surface area (Å²) in [4.78, 5) is 10.5. The van der Waals surface area contributed by atoms with Crippen LogP contribution in [0.2, 0.25) is 0 Å². The van der Waals surface area contributed by atoms with Crippen LogP contribution in [0.25, 0.3) is 0 Å². The second kappa shape index (κ2) is 5.09. The molecule has 0 saturated heterocycles. The monoisotopic (exact) mass is 221 g/mol. The van der Waals surface area contributed by atoms with Crippen LogP contribution < -0.4 is 0 Å². The number of nitrogens with zero attached hydrogens (tertiary/aromatic N) is 1. The Morgan fingerprint density at radius 2 is 2.40 bits per heavy atom. The minimum absolute atomic E-state index is 0.219. The molecule has 0 radical (unpaired) electrons. The summed E-state index contributed by atoms with van der Waals surface area (Å²) in [5, 5.41) is 13.4. The third kappa shape index (κ3) is 2.27. The number of carbonyl (C=O) groups is 1. The Morgan fingerprint density at radius 3 is 2.80 bits per heavy atom. The van der Waals surface area contributed by atoms with Gasteiger partial charge in [0.05, 0.1) is 11.5 Å². The van der Waals surface area contributed by atoms with E-state index in [4.69, 9.17) is 0 Å². The van der Waals surface area contributed by atoms with Crippen LogP contribution in [-0.4, -0.2) is 6.29 Å². The molecule has 1 aromatic heterocycles. The van der Waals surface area contributed by atoms with Crippen molar-refractivity contribution in [1.82, 2.24) is 0 Å². The topological polar surface area (TPSA) is 40.9 Å². The van der Waals surface area contributed by atoms with Gasteiger partial charge < -0.3 is 4.79 Å². The van der Waals surface area contributed by atoms with Gasteiger partial charge in [0.2, 0.25) is 0 Å². The molecule has 0 fully saturated rings. The van der Waals surface area contributed by atoms with E-state index in [1.165, 1.54) is 0 Å². The van der Waals surface area contributed by atoms with E-state index in [0.29, 0.717) is 12.8 Å². The number of hydrogen-bond donors (Lipinski definition) is 0. The molecular formula is C12H15NOS. The Morgan fingerprint density at radius 1 is 1.67 bits per heavy atom. The highest BCUT2D eigenvalue weighted by atomic mass is 32.1. The predicted octanol–water partition coefficient (Wildman–Crippen LogP) is 3.14. The fraction of sp³-hybridized carbons (Fsp3) is 0.500. The molecule has 0 saturated carbocycles. The maximum absolute atomic E-state index is 10.5. The molecule has 0 spiro atoms.